The average molecular weight is 404 g/mol. The van der Waals surface area contributed by atoms with E-state index in [-0.39, 0.29) is 5.78 Å². The Kier molecular flexibility index (Phi) is 5.57. The van der Waals surface area contributed by atoms with Crippen LogP contribution in [-0.4, -0.2) is 35.9 Å². The molecule has 0 bridgehead atoms. The van der Waals surface area contributed by atoms with Gasteiger partial charge in [0, 0.05) is 53.7 Å². The number of pyridine rings is 1. The molecule has 3 heterocycles. The highest BCUT2D eigenvalue weighted by molar-refractivity contribution is 7.99. The molecule has 0 atom stereocenters. The van der Waals surface area contributed by atoms with Crippen LogP contribution in [0.15, 0.2) is 72.8 Å². The van der Waals surface area contributed by atoms with Gasteiger partial charge in [0.2, 0.25) is 0 Å². The van der Waals surface area contributed by atoms with Gasteiger partial charge in [0.15, 0.2) is 16.8 Å². The first-order chi connectivity index (χ1) is 14.2. The summed E-state index contributed by atoms with van der Waals surface area (Å²) in [6.07, 6.45) is 7.20. The number of thioether (sulfide) groups is 1. The Bertz CT molecular complexity index is 1160. The van der Waals surface area contributed by atoms with Crippen LogP contribution in [0.2, 0.25) is 0 Å². The Hall–Kier alpha value is -3.19. The highest BCUT2D eigenvalue weighted by Gasteiger charge is 2.18. The number of Topliss-reactive ketones (excluding diaryl/α,β-unsaturated/α-hetero) is 1. The molecule has 0 saturated carbocycles. The maximum absolute atomic E-state index is 13.0. The van der Waals surface area contributed by atoms with Gasteiger partial charge in [-0.2, -0.15) is 0 Å². The third kappa shape index (κ3) is 3.73. The van der Waals surface area contributed by atoms with Gasteiger partial charge in [-0.15, -0.1) is 16.8 Å². The summed E-state index contributed by atoms with van der Waals surface area (Å²) in [5, 5.41) is 10.3. The van der Waals surface area contributed by atoms with Crippen LogP contribution in [-0.2, 0) is 13.1 Å². The fourth-order valence-corrected chi connectivity index (χ4v) is 4.17. The Balaban J connectivity index is 1.59. The predicted molar refractivity (Wildman–Crippen MR) is 116 cm³/mol. The van der Waals surface area contributed by atoms with E-state index in [1.54, 1.807) is 18.5 Å². The fraction of sp³-hybridized carbons (Fsp3) is 0.182. The number of hydrogen-bond donors (Lipinski definition) is 0. The van der Waals surface area contributed by atoms with Gasteiger partial charge in [0.05, 0.1) is 5.75 Å². The Morgan fingerprint density at radius 1 is 1.17 bits per heavy atom. The largest absolute Gasteiger partial charge is 0.347 e. The molecule has 3 aromatic heterocycles. The van der Waals surface area contributed by atoms with Crippen LogP contribution in [0.3, 0.4) is 0 Å². The number of aryl methyl sites for hydroxylation is 1. The highest BCUT2D eigenvalue weighted by Crippen LogP contribution is 2.27. The number of ketones is 1. The average Bonchev–Trinajstić information content (AvgIpc) is 3.34. The lowest BCUT2D eigenvalue weighted by molar-refractivity contribution is 0.102. The molecule has 0 aliphatic carbocycles. The van der Waals surface area contributed by atoms with E-state index in [9.17, 15) is 4.79 Å². The van der Waals surface area contributed by atoms with Crippen LogP contribution in [0.1, 0.15) is 17.3 Å². The van der Waals surface area contributed by atoms with Crippen LogP contribution in [0.25, 0.3) is 22.3 Å². The zero-order valence-corrected chi connectivity index (χ0v) is 17.0. The van der Waals surface area contributed by atoms with Crippen LogP contribution < -0.4 is 0 Å². The number of nitrogens with zero attached hydrogens (tertiary/aromatic N) is 5. The lowest BCUT2D eigenvalue weighted by Gasteiger charge is -2.07. The molecule has 4 aromatic rings. The molecule has 0 aliphatic heterocycles. The maximum atomic E-state index is 13.0. The molecular weight excluding hydrogens is 382 g/mol. The van der Waals surface area contributed by atoms with Gasteiger partial charge < -0.3 is 4.57 Å². The summed E-state index contributed by atoms with van der Waals surface area (Å²) in [6.45, 7) is 7.30. The number of hydrogen-bond acceptors (Lipinski definition) is 5. The summed E-state index contributed by atoms with van der Waals surface area (Å²) >= 11 is 1.40. The van der Waals surface area contributed by atoms with E-state index in [4.69, 9.17) is 0 Å². The molecule has 1 aromatic carbocycles. The van der Waals surface area contributed by atoms with Crippen molar-refractivity contribution >= 4 is 28.4 Å². The molecule has 0 N–H and O–H groups in total. The number of carbonyl (C=O) groups excluding carboxylic acids is 1. The van der Waals surface area contributed by atoms with Crippen molar-refractivity contribution < 1.29 is 4.79 Å². The Morgan fingerprint density at radius 3 is 2.72 bits per heavy atom. The fourth-order valence-electron chi connectivity index (χ4n) is 3.34. The van der Waals surface area contributed by atoms with Gasteiger partial charge in [0.1, 0.15) is 0 Å². The molecule has 0 radical (unpaired) electrons. The summed E-state index contributed by atoms with van der Waals surface area (Å²) in [5.41, 5.74) is 2.76. The lowest BCUT2D eigenvalue weighted by atomic mass is 10.1. The van der Waals surface area contributed by atoms with E-state index < -0.39 is 0 Å². The molecular formula is C22H21N5OS. The SMILES string of the molecule is C=CCn1c(SCC(=O)c2cn(CC)c3ccccc23)nnc1-c1ccncc1. The third-order valence-electron chi connectivity index (χ3n) is 4.73. The van der Waals surface area contributed by atoms with E-state index in [0.717, 1.165) is 34.4 Å². The number of carbonyl (C=O) groups is 1. The molecule has 0 saturated heterocycles. The number of aromatic nitrogens is 5. The maximum Gasteiger partial charge on any atom is 0.192 e. The van der Waals surface area contributed by atoms with E-state index in [2.05, 4.69) is 33.3 Å². The number of benzene rings is 1. The number of fused-ring (bicyclic) bond motifs is 1. The number of para-hydroxylation sites is 1. The van der Waals surface area contributed by atoms with Crippen molar-refractivity contribution in [1.29, 1.82) is 0 Å². The lowest BCUT2D eigenvalue weighted by Crippen LogP contribution is -2.05. The highest BCUT2D eigenvalue weighted by atomic mass is 32.2. The van der Waals surface area contributed by atoms with Crippen LogP contribution in [0.5, 0.6) is 0 Å². The quantitative estimate of drug-likeness (QED) is 0.247. The third-order valence-corrected chi connectivity index (χ3v) is 5.70. The summed E-state index contributed by atoms with van der Waals surface area (Å²) in [7, 11) is 0. The molecule has 29 heavy (non-hydrogen) atoms. The second-order valence-electron chi connectivity index (χ2n) is 6.50. The van der Waals surface area contributed by atoms with Gasteiger partial charge >= 0.3 is 0 Å². The molecule has 0 unspecified atom stereocenters. The molecule has 0 aliphatic rings. The minimum absolute atomic E-state index is 0.0806. The molecule has 6 nitrogen and oxygen atoms in total. The monoisotopic (exact) mass is 403 g/mol. The minimum atomic E-state index is 0.0806. The summed E-state index contributed by atoms with van der Waals surface area (Å²) in [4.78, 5) is 17.0. The van der Waals surface area contributed by atoms with Crippen molar-refractivity contribution in [1.82, 2.24) is 24.3 Å². The molecule has 0 amide bonds. The van der Waals surface area contributed by atoms with Crippen molar-refractivity contribution in [3.05, 3.63) is 73.2 Å². The molecule has 146 valence electrons. The van der Waals surface area contributed by atoms with Gasteiger partial charge in [-0.25, -0.2) is 0 Å². The molecule has 0 spiro atoms. The molecule has 7 heteroatoms. The van der Waals surface area contributed by atoms with Crippen LogP contribution in [0, 0.1) is 0 Å². The van der Waals surface area contributed by atoms with E-state index >= 15 is 0 Å². The van der Waals surface area contributed by atoms with Crippen molar-refractivity contribution in [2.75, 3.05) is 5.75 Å². The van der Waals surface area contributed by atoms with Crippen LogP contribution in [0.4, 0.5) is 0 Å². The summed E-state index contributed by atoms with van der Waals surface area (Å²) in [5.74, 6) is 1.12. The molecule has 0 fully saturated rings. The van der Waals surface area contributed by atoms with Crippen molar-refractivity contribution in [3.8, 4) is 11.4 Å². The van der Waals surface area contributed by atoms with Gasteiger partial charge in [0.25, 0.3) is 0 Å². The Morgan fingerprint density at radius 2 is 1.97 bits per heavy atom. The van der Waals surface area contributed by atoms with Crippen molar-refractivity contribution in [3.63, 3.8) is 0 Å². The zero-order valence-electron chi connectivity index (χ0n) is 16.2. The van der Waals surface area contributed by atoms with E-state index in [1.165, 1.54) is 11.8 Å². The van der Waals surface area contributed by atoms with Gasteiger partial charge in [-0.3, -0.25) is 14.3 Å². The van der Waals surface area contributed by atoms with Gasteiger partial charge in [-0.05, 0) is 25.1 Å². The topological polar surface area (TPSA) is 65.6 Å². The normalized spacial score (nSPS) is 11.1. The first-order valence-corrected chi connectivity index (χ1v) is 10.4. The van der Waals surface area contributed by atoms with Crippen molar-refractivity contribution in [2.45, 2.75) is 25.2 Å². The number of allylic oxidation sites excluding steroid dienone is 1. The minimum Gasteiger partial charge on any atom is -0.347 e. The summed E-state index contributed by atoms with van der Waals surface area (Å²) in [6, 6.07) is 11.8. The summed E-state index contributed by atoms with van der Waals surface area (Å²) < 4.78 is 4.07. The van der Waals surface area contributed by atoms with E-state index in [1.807, 2.05) is 47.2 Å². The zero-order chi connectivity index (χ0) is 20.2. The standard InChI is InChI=1S/C22H21N5OS/c1-3-13-27-21(16-9-11-23-12-10-16)24-25-22(27)29-15-20(28)18-14-26(4-2)19-8-6-5-7-17(18)19/h3,5-12,14H,1,4,13,15H2,2H3. The Labute approximate surface area is 173 Å². The first kappa shape index (κ1) is 19.1. The second kappa shape index (κ2) is 8.45. The smallest absolute Gasteiger partial charge is 0.192 e. The van der Waals surface area contributed by atoms with Crippen molar-refractivity contribution in [2.24, 2.45) is 0 Å². The van der Waals surface area contributed by atoms with Crippen LogP contribution >= 0.6 is 11.8 Å². The van der Waals surface area contributed by atoms with Gasteiger partial charge in [-0.1, -0.05) is 36.0 Å². The predicted octanol–water partition coefficient (Wildman–Crippen LogP) is 4.48. The first-order valence-electron chi connectivity index (χ1n) is 9.41. The number of rotatable bonds is 8. The van der Waals surface area contributed by atoms with E-state index in [0.29, 0.717) is 17.5 Å². The molecule has 4 rings (SSSR count). The second-order valence-corrected chi connectivity index (χ2v) is 7.44.